The van der Waals surface area contributed by atoms with Gasteiger partial charge in [-0.25, -0.2) is 0 Å². The predicted octanol–water partition coefficient (Wildman–Crippen LogP) is 0.383. The first-order valence-electron chi connectivity index (χ1n) is 3.13. The van der Waals surface area contributed by atoms with Crippen LogP contribution < -0.4 is 0 Å². The average Bonchev–Trinajstić information content (AvgIpc) is 1.80. The largest absolute Gasteiger partial charge is 0.375 e. The summed E-state index contributed by atoms with van der Waals surface area (Å²) >= 11 is 0. The van der Waals surface area contributed by atoms with Crippen molar-refractivity contribution in [3.05, 3.63) is 0 Å². The van der Waals surface area contributed by atoms with Crippen LogP contribution in [0.1, 0.15) is 26.2 Å². The van der Waals surface area contributed by atoms with E-state index >= 15 is 0 Å². The van der Waals surface area contributed by atoms with E-state index in [0.29, 0.717) is 6.42 Å². The first-order valence-corrected chi connectivity index (χ1v) is 4.63. The lowest BCUT2D eigenvalue weighted by molar-refractivity contribution is 0.220. The molecule has 10 heavy (non-hydrogen) atoms. The Morgan fingerprint density at radius 1 is 1.50 bits per heavy atom. The van der Waals surface area contributed by atoms with E-state index in [1.165, 1.54) is 0 Å². The molecular weight excluding hydrogens is 156 g/mol. The average molecular weight is 168 g/mol. The maximum Gasteiger partial charge on any atom is 0.291 e. The SMILES string of the molecule is CCCCC(O)S(=O)(=O)O. The Bertz CT molecular complexity index is 172. The Morgan fingerprint density at radius 2 is 2.00 bits per heavy atom. The molecule has 0 heterocycles. The van der Waals surface area contributed by atoms with Crippen LogP contribution in [0.25, 0.3) is 0 Å². The van der Waals surface area contributed by atoms with Crippen LogP contribution in [0.5, 0.6) is 0 Å². The number of aliphatic hydroxyl groups is 1. The van der Waals surface area contributed by atoms with Crippen molar-refractivity contribution in [3.8, 4) is 0 Å². The predicted molar refractivity (Wildman–Crippen MR) is 37.1 cm³/mol. The molecule has 1 unspecified atom stereocenters. The van der Waals surface area contributed by atoms with Gasteiger partial charge in [0.1, 0.15) is 0 Å². The third-order valence-electron chi connectivity index (χ3n) is 1.15. The van der Waals surface area contributed by atoms with E-state index in [1.807, 2.05) is 6.92 Å². The Hall–Kier alpha value is -0.130. The highest BCUT2D eigenvalue weighted by Gasteiger charge is 2.17. The number of hydrogen-bond acceptors (Lipinski definition) is 3. The van der Waals surface area contributed by atoms with Crippen LogP contribution in [0.3, 0.4) is 0 Å². The fourth-order valence-electron chi connectivity index (χ4n) is 0.528. The van der Waals surface area contributed by atoms with E-state index in [2.05, 4.69) is 0 Å². The van der Waals surface area contributed by atoms with Crippen molar-refractivity contribution >= 4 is 10.1 Å². The Morgan fingerprint density at radius 3 is 2.30 bits per heavy atom. The van der Waals surface area contributed by atoms with Gasteiger partial charge in [0.2, 0.25) is 0 Å². The molecule has 0 saturated carbocycles. The second kappa shape index (κ2) is 3.90. The van der Waals surface area contributed by atoms with Crippen molar-refractivity contribution in [2.24, 2.45) is 0 Å². The highest BCUT2D eigenvalue weighted by Crippen LogP contribution is 2.04. The normalized spacial score (nSPS) is 15.1. The van der Waals surface area contributed by atoms with Crippen molar-refractivity contribution in [1.82, 2.24) is 0 Å². The molecule has 1 atom stereocenters. The minimum atomic E-state index is -4.22. The molecule has 0 amide bonds. The number of rotatable bonds is 4. The van der Waals surface area contributed by atoms with E-state index < -0.39 is 15.6 Å². The third-order valence-corrected chi connectivity index (χ3v) is 2.07. The summed E-state index contributed by atoms with van der Waals surface area (Å²) in [7, 11) is -4.22. The molecule has 0 aliphatic heterocycles. The quantitative estimate of drug-likeness (QED) is 0.595. The minimum absolute atomic E-state index is 0.106. The maximum atomic E-state index is 10.1. The van der Waals surface area contributed by atoms with Crippen LogP contribution in [0.15, 0.2) is 0 Å². The fourth-order valence-corrected chi connectivity index (χ4v) is 0.992. The van der Waals surface area contributed by atoms with Gasteiger partial charge in [-0.3, -0.25) is 4.55 Å². The van der Waals surface area contributed by atoms with Crippen LogP contribution in [-0.2, 0) is 10.1 Å². The van der Waals surface area contributed by atoms with E-state index in [4.69, 9.17) is 9.66 Å². The number of aliphatic hydroxyl groups excluding tert-OH is 1. The summed E-state index contributed by atoms with van der Waals surface area (Å²) in [5.74, 6) is 0. The summed E-state index contributed by atoms with van der Waals surface area (Å²) in [5.41, 5.74) is -1.60. The zero-order valence-corrected chi connectivity index (χ0v) is 6.63. The van der Waals surface area contributed by atoms with Crippen LogP contribution in [0.2, 0.25) is 0 Å². The van der Waals surface area contributed by atoms with E-state index in [0.717, 1.165) is 6.42 Å². The first kappa shape index (κ1) is 9.87. The molecule has 62 valence electrons. The van der Waals surface area contributed by atoms with E-state index in [1.54, 1.807) is 0 Å². The number of unbranched alkanes of at least 4 members (excludes halogenated alkanes) is 1. The first-order chi connectivity index (χ1) is 4.48. The molecule has 0 aliphatic rings. The number of hydrogen-bond donors (Lipinski definition) is 2. The summed E-state index contributed by atoms with van der Waals surface area (Å²) in [5, 5.41) is 8.68. The van der Waals surface area contributed by atoms with Gasteiger partial charge in [0, 0.05) is 0 Å². The molecule has 0 saturated heterocycles. The standard InChI is InChI=1S/C5H12O4S/c1-2-3-4-5(6)10(7,8)9/h5-6H,2-4H2,1H3,(H,7,8,9). The van der Waals surface area contributed by atoms with Gasteiger partial charge in [0.25, 0.3) is 10.1 Å². The van der Waals surface area contributed by atoms with Gasteiger partial charge in [-0.1, -0.05) is 13.3 Å². The maximum absolute atomic E-state index is 10.1. The van der Waals surface area contributed by atoms with Crippen molar-refractivity contribution in [3.63, 3.8) is 0 Å². The topological polar surface area (TPSA) is 74.6 Å². The summed E-state index contributed by atoms with van der Waals surface area (Å²) < 4.78 is 28.5. The van der Waals surface area contributed by atoms with Crippen LogP contribution in [-0.4, -0.2) is 23.5 Å². The molecule has 0 spiro atoms. The highest BCUT2D eigenvalue weighted by molar-refractivity contribution is 7.86. The fraction of sp³-hybridized carbons (Fsp3) is 1.00. The van der Waals surface area contributed by atoms with Gasteiger partial charge in [0.15, 0.2) is 5.44 Å². The third kappa shape index (κ3) is 3.81. The van der Waals surface area contributed by atoms with Crippen molar-refractivity contribution in [2.75, 3.05) is 0 Å². The van der Waals surface area contributed by atoms with E-state index in [-0.39, 0.29) is 6.42 Å². The molecule has 0 aromatic rings. The lowest BCUT2D eigenvalue weighted by Crippen LogP contribution is -2.19. The summed E-state index contributed by atoms with van der Waals surface area (Å²) in [6.07, 6.45) is 1.50. The molecule has 0 rings (SSSR count). The molecule has 4 nitrogen and oxygen atoms in total. The lowest BCUT2D eigenvalue weighted by atomic mass is 10.3. The van der Waals surface area contributed by atoms with Gasteiger partial charge in [-0.15, -0.1) is 0 Å². The molecular formula is C5H12O4S. The summed E-state index contributed by atoms with van der Waals surface area (Å²) in [6, 6.07) is 0. The molecule has 0 radical (unpaired) electrons. The Kier molecular flexibility index (Phi) is 3.85. The van der Waals surface area contributed by atoms with Crippen LogP contribution >= 0.6 is 0 Å². The lowest BCUT2D eigenvalue weighted by Gasteiger charge is -2.04. The zero-order valence-electron chi connectivity index (χ0n) is 5.82. The van der Waals surface area contributed by atoms with Crippen LogP contribution in [0.4, 0.5) is 0 Å². The highest BCUT2D eigenvalue weighted by atomic mass is 32.2. The van der Waals surface area contributed by atoms with Crippen molar-refractivity contribution < 1.29 is 18.1 Å². The van der Waals surface area contributed by atoms with Crippen molar-refractivity contribution in [2.45, 2.75) is 31.6 Å². The second-order valence-corrected chi connectivity index (χ2v) is 3.69. The summed E-state index contributed by atoms with van der Waals surface area (Å²) in [6.45, 7) is 1.87. The molecule has 0 bridgehead atoms. The molecule has 0 aliphatic carbocycles. The molecule has 2 N–H and O–H groups in total. The van der Waals surface area contributed by atoms with Gasteiger partial charge in [-0.2, -0.15) is 8.42 Å². The smallest absolute Gasteiger partial charge is 0.291 e. The minimum Gasteiger partial charge on any atom is -0.375 e. The van der Waals surface area contributed by atoms with Crippen LogP contribution in [0, 0.1) is 0 Å². The molecule has 0 fully saturated rings. The molecule has 5 heteroatoms. The van der Waals surface area contributed by atoms with Gasteiger partial charge in [-0.05, 0) is 12.8 Å². The zero-order chi connectivity index (χ0) is 8.20. The Labute approximate surface area is 60.6 Å². The molecule has 0 aromatic heterocycles. The van der Waals surface area contributed by atoms with Gasteiger partial charge in [0.05, 0.1) is 0 Å². The Balaban J connectivity index is 3.75. The van der Waals surface area contributed by atoms with Crippen molar-refractivity contribution in [1.29, 1.82) is 0 Å². The van der Waals surface area contributed by atoms with E-state index in [9.17, 15) is 8.42 Å². The summed E-state index contributed by atoms with van der Waals surface area (Å²) in [4.78, 5) is 0. The van der Waals surface area contributed by atoms with Gasteiger partial charge < -0.3 is 5.11 Å². The molecule has 0 aromatic carbocycles. The monoisotopic (exact) mass is 168 g/mol. The second-order valence-electron chi connectivity index (χ2n) is 2.11. The van der Waals surface area contributed by atoms with Gasteiger partial charge >= 0.3 is 0 Å².